The van der Waals surface area contributed by atoms with Gasteiger partial charge in [-0.15, -0.1) is 0 Å². The van der Waals surface area contributed by atoms with Crippen LogP contribution < -0.4 is 16.4 Å². The molecular weight excluding hydrogens is 401 g/mol. The molecule has 0 bridgehead atoms. The Balaban J connectivity index is 2.70. The normalized spacial score (nSPS) is 13.0. The van der Waals surface area contributed by atoms with E-state index < -0.39 is 54.3 Å². The van der Waals surface area contributed by atoms with Gasteiger partial charge in [0.25, 0.3) is 0 Å². The molecule has 0 saturated carbocycles. The number of aromatic nitrogens is 1. The number of nitrogens with one attached hydrogen (secondary N) is 2. The predicted octanol–water partition coefficient (Wildman–Crippen LogP) is -0.879. The number of carbonyl (C=O) groups is 5. The van der Waals surface area contributed by atoms with Crippen LogP contribution in [0.4, 0.5) is 13.2 Å². The summed E-state index contributed by atoms with van der Waals surface area (Å²) >= 11 is 0. The second-order valence-electron chi connectivity index (χ2n) is 5.76. The summed E-state index contributed by atoms with van der Waals surface area (Å²) in [4.78, 5) is 61.3. The summed E-state index contributed by atoms with van der Waals surface area (Å²) in [6, 6.07) is -0.0430. The Bertz CT molecular complexity index is 785. The van der Waals surface area contributed by atoms with Gasteiger partial charge in [-0.25, -0.2) is 9.59 Å². The SMILES string of the molecule is CC(NC(=O)Cc1ccncc1)C(=O)NC(CC(N)=O)C(=O)OC(=O)C(F)(F)F. The maximum Gasteiger partial charge on any atom is 0.491 e. The fraction of sp³-hybridized carbons (Fsp3) is 0.375. The van der Waals surface area contributed by atoms with Crippen molar-refractivity contribution in [2.75, 3.05) is 0 Å². The first kappa shape index (κ1) is 23.5. The molecule has 0 radical (unpaired) electrons. The van der Waals surface area contributed by atoms with Gasteiger partial charge in [0.15, 0.2) is 0 Å². The van der Waals surface area contributed by atoms with Gasteiger partial charge in [0.2, 0.25) is 17.7 Å². The molecule has 1 rings (SSSR count). The molecule has 2 unspecified atom stereocenters. The molecule has 1 heterocycles. The van der Waals surface area contributed by atoms with Gasteiger partial charge in [0, 0.05) is 12.4 Å². The van der Waals surface area contributed by atoms with Crippen LogP contribution in [-0.4, -0.2) is 52.9 Å². The average Bonchev–Trinajstić information content (AvgIpc) is 2.60. The zero-order chi connectivity index (χ0) is 22.2. The predicted molar refractivity (Wildman–Crippen MR) is 88.4 cm³/mol. The minimum atomic E-state index is -5.45. The van der Waals surface area contributed by atoms with Crippen LogP contribution in [-0.2, 0) is 35.1 Å². The van der Waals surface area contributed by atoms with Crippen LogP contribution in [0.25, 0.3) is 0 Å². The molecule has 29 heavy (non-hydrogen) atoms. The number of rotatable bonds is 8. The van der Waals surface area contributed by atoms with Crippen LogP contribution in [0.1, 0.15) is 18.9 Å². The van der Waals surface area contributed by atoms with Crippen LogP contribution in [0.15, 0.2) is 24.5 Å². The lowest BCUT2D eigenvalue weighted by Crippen LogP contribution is -2.52. The van der Waals surface area contributed by atoms with Crippen molar-refractivity contribution in [1.29, 1.82) is 0 Å². The number of halogens is 3. The molecule has 0 aliphatic rings. The van der Waals surface area contributed by atoms with Crippen molar-refractivity contribution >= 4 is 29.7 Å². The highest BCUT2D eigenvalue weighted by molar-refractivity contribution is 5.96. The fourth-order valence-corrected chi connectivity index (χ4v) is 1.96. The Morgan fingerprint density at radius 1 is 1.14 bits per heavy atom. The molecular formula is C16H17F3N4O6. The molecule has 3 amide bonds. The number of esters is 2. The smallest absolute Gasteiger partial charge is 0.385 e. The molecule has 4 N–H and O–H groups in total. The number of alkyl halides is 3. The molecule has 0 aliphatic heterocycles. The van der Waals surface area contributed by atoms with Gasteiger partial charge in [-0.1, -0.05) is 0 Å². The number of carbonyl (C=O) groups excluding carboxylic acids is 5. The number of nitrogens with two attached hydrogens (primary N) is 1. The molecule has 13 heteroatoms. The number of amides is 3. The molecule has 0 aliphatic carbocycles. The number of hydrogen-bond acceptors (Lipinski definition) is 7. The van der Waals surface area contributed by atoms with Crippen molar-refractivity contribution in [3.63, 3.8) is 0 Å². The quantitative estimate of drug-likeness (QED) is 0.365. The summed E-state index contributed by atoms with van der Waals surface area (Å²) in [7, 11) is 0. The lowest BCUT2D eigenvalue weighted by Gasteiger charge is -2.19. The Kier molecular flexibility index (Phi) is 8.23. The van der Waals surface area contributed by atoms with Gasteiger partial charge in [-0.3, -0.25) is 19.4 Å². The van der Waals surface area contributed by atoms with Crippen LogP contribution in [0.5, 0.6) is 0 Å². The maximum atomic E-state index is 12.2. The van der Waals surface area contributed by atoms with Crippen LogP contribution in [0.2, 0.25) is 0 Å². The van der Waals surface area contributed by atoms with E-state index in [1.165, 1.54) is 19.3 Å². The average molecular weight is 418 g/mol. The number of primary amides is 1. The Labute approximate surface area is 162 Å². The highest BCUT2D eigenvalue weighted by atomic mass is 19.4. The molecule has 0 saturated heterocycles. The largest absolute Gasteiger partial charge is 0.491 e. The van der Waals surface area contributed by atoms with Gasteiger partial charge in [-0.05, 0) is 24.6 Å². The van der Waals surface area contributed by atoms with Crippen molar-refractivity contribution in [2.24, 2.45) is 5.73 Å². The van der Waals surface area contributed by atoms with E-state index in [0.717, 1.165) is 0 Å². The van der Waals surface area contributed by atoms with E-state index in [9.17, 15) is 37.1 Å². The molecule has 10 nitrogen and oxygen atoms in total. The topological polar surface area (TPSA) is 158 Å². The van der Waals surface area contributed by atoms with E-state index in [-0.39, 0.29) is 6.42 Å². The van der Waals surface area contributed by atoms with Crippen molar-refractivity contribution < 1.29 is 41.9 Å². The standard InChI is InChI=1S/C16H17F3N4O6/c1-8(22-12(25)6-9-2-4-21-5-3-9)13(26)23-10(7-11(20)24)14(27)29-15(28)16(17,18)19/h2-5,8,10H,6-7H2,1H3,(H2,20,24)(H,22,25)(H,23,26). The fourth-order valence-electron chi connectivity index (χ4n) is 1.96. The Morgan fingerprint density at radius 3 is 2.24 bits per heavy atom. The van der Waals surface area contributed by atoms with Crippen LogP contribution in [0, 0.1) is 0 Å². The molecule has 1 aromatic heterocycles. The lowest BCUT2D eigenvalue weighted by atomic mass is 10.1. The summed E-state index contributed by atoms with van der Waals surface area (Å²) in [5, 5.41) is 4.22. The number of pyridine rings is 1. The second kappa shape index (κ2) is 10.1. The van der Waals surface area contributed by atoms with Gasteiger partial charge in [0.05, 0.1) is 12.8 Å². The molecule has 1 aromatic rings. The van der Waals surface area contributed by atoms with Gasteiger partial charge >= 0.3 is 18.1 Å². The third-order valence-electron chi connectivity index (χ3n) is 3.32. The van der Waals surface area contributed by atoms with E-state index in [1.54, 1.807) is 12.1 Å². The second-order valence-corrected chi connectivity index (χ2v) is 5.76. The van der Waals surface area contributed by atoms with Gasteiger partial charge < -0.3 is 21.1 Å². The monoisotopic (exact) mass is 418 g/mol. The minimum absolute atomic E-state index is 0.0903. The maximum absolute atomic E-state index is 12.2. The van der Waals surface area contributed by atoms with Gasteiger partial charge in [0.1, 0.15) is 12.1 Å². The zero-order valence-electron chi connectivity index (χ0n) is 15.0. The molecule has 0 fully saturated rings. The Morgan fingerprint density at radius 2 is 1.72 bits per heavy atom. The highest BCUT2D eigenvalue weighted by Gasteiger charge is 2.43. The van der Waals surface area contributed by atoms with Crippen LogP contribution in [0.3, 0.4) is 0 Å². The minimum Gasteiger partial charge on any atom is -0.385 e. The third-order valence-corrected chi connectivity index (χ3v) is 3.32. The van der Waals surface area contributed by atoms with Crippen molar-refractivity contribution in [2.45, 2.75) is 38.0 Å². The highest BCUT2D eigenvalue weighted by Crippen LogP contribution is 2.17. The summed E-state index contributed by atoms with van der Waals surface area (Å²) < 4.78 is 40.2. The van der Waals surface area contributed by atoms with Crippen molar-refractivity contribution in [1.82, 2.24) is 15.6 Å². The van der Waals surface area contributed by atoms with E-state index >= 15 is 0 Å². The zero-order valence-corrected chi connectivity index (χ0v) is 15.0. The molecule has 0 spiro atoms. The first-order chi connectivity index (χ1) is 13.4. The van der Waals surface area contributed by atoms with E-state index in [4.69, 9.17) is 5.73 Å². The van der Waals surface area contributed by atoms with E-state index in [0.29, 0.717) is 5.56 Å². The van der Waals surface area contributed by atoms with Gasteiger partial charge in [-0.2, -0.15) is 13.2 Å². The first-order valence-electron chi connectivity index (χ1n) is 8.00. The number of ether oxygens (including phenoxy) is 1. The molecule has 2 atom stereocenters. The molecule has 158 valence electrons. The summed E-state index contributed by atoms with van der Waals surface area (Å²) in [6.45, 7) is 1.23. The molecule has 0 aromatic carbocycles. The number of nitrogens with zero attached hydrogens (tertiary/aromatic N) is 1. The Hall–Kier alpha value is -3.51. The van der Waals surface area contributed by atoms with Crippen LogP contribution >= 0.6 is 0 Å². The number of hydrogen-bond donors (Lipinski definition) is 3. The first-order valence-corrected chi connectivity index (χ1v) is 8.00. The van der Waals surface area contributed by atoms with Crippen molar-refractivity contribution in [3.8, 4) is 0 Å². The third kappa shape index (κ3) is 8.36. The van der Waals surface area contributed by atoms with E-state index in [1.807, 2.05) is 5.32 Å². The van der Waals surface area contributed by atoms with E-state index in [2.05, 4.69) is 15.0 Å². The summed E-state index contributed by atoms with van der Waals surface area (Å²) in [5.41, 5.74) is 5.49. The lowest BCUT2D eigenvalue weighted by molar-refractivity contribution is -0.202. The summed E-state index contributed by atoms with van der Waals surface area (Å²) in [5.74, 6) is -7.38. The summed E-state index contributed by atoms with van der Waals surface area (Å²) in [6.07, 6.45) is -3.55. The van der Waals surface area contributed by atoms with Crippen molar-refractivity contribution in [3.05, 3.63) is 30.1 Å².